The number of carbonyl (C=O) groups excluding carboxylic acids is 2. The zero-order valence-electron chi connectivity index (χ0n) is 18.4. The van der Waals surface area contributed by atoms with Gasteiger partial charge in [-0.25, -0.2) is 9.97 Å². The van der Waals surface area contributed by atoms with Crippen LogP contribution in [-0.2, 0) is 0 Å². The Kier molecular flexibility index (Phi) is 5.28. The lowest BCUT2D eigenvalue weighted by Gasteiger charge is -2.21. The Morgan fingerprint density at radius 2 is 0.972 bits per heavy atom. The summed E-state index contributed by atoms with van der Waals surface area (Å²) < 4.78 is 3.87. The third-order valence-corrected chi connectivity index (χ3v) is 10.3. The van der Waals surface area contributed by atoms with Crippen molar-refractivity contribution in [1.82, 2.24) is 9.97 Å². The number of ketones is 2. The van der Waals surface area contributed by atoms with Gasteiger partial charge in [0.1, 0.15) is 0 Å². The number of fused-ring (bicyclic) bond motifs is 4. The molecule has 7 rings (SSSR count). The van der Waals surface area contributed by atoms with E-state index in [2.05, 4.69) is 0 Å². The van der Waals surface area contributed by atoms with Crippen LogP contribution >= 0.6 is 46.2 Å². The lowest BCUT2D eigenvalue weighted by atomic mass is 9.84. The molecule has 0 saturated carbocycles. The molecule has 6 aromatic rings. The molecule has 4 aromatic carbocycles. The molecule has 0 saturated heterocycles. The van der Waals surface area contributed by atoms with Crippen LogP contribution in [0.25, 0.3) is 20.4 Å². The van der Waals surface area contributed by atoms with E-state index in [-0.39, 0.29) is 11.6 Å². The van der Waals surface area contributed by atoms with Crippen LogP contribution in [0, 0.1) is 0 Å². The Hall–Kier alpha value is -3.30. The highest BCUT2D eigenvalue weighted by Gasteiger charge is 2.34. The molecule has 8 heteroatoms. The summed E-state index contributed by atoms with van der Waals surface area (Å²) in [7, 11) is 0. The summed E-state index contributed by atoms with van der Waals surface area (Å²) in [5.41, 5.74) is 3.66. The van der Waals surface area contributed by atoms with Crippen molar-refractivity contribution < 1.29 is 9.59 Å². The van der Waals surface area contributed by atoms with E-state index in [1.54, 1.807) is 34.8 Å². The molecular formula is C28H14N2O2S4. The summed E-state index contributed by atoms with van der Waals surface area (Å²) in [5.74, 6) is -0.258. The number of hydrogen-bond donors (Lipinski definition) is 0. The van der Waals surface area contributed by atoms with Crippen molar-refractivity contribution in [2.24, 2.45) is 0 Å². The van der Waals surface area contributed by atoms with E-state index in [0.717, 1.165) is 38.9 Å². The van der Waals surface area contributed by atoms with E-state index in [1.807, 2.05) is 72.8 Å². The Bertz CT molecular complexity index is 1650. The van der Waals surface area contributed by atoms with E-state index in [9.17, 15) is 9.59 Å². The van der Waals surface area contributed by atoms with Crippen molar-refractivity contribution in [1.29, 1.82) is 0 Å². The lowest BCUT2D eigenvalue weighted by Crippen LogP contribution is -2.22. The molecule has 1 aliphatic rings. The fourth-order valence-electron chi connectivity index (χ4n) is 4.33. The summed E-state index contributed by atoms with van der Waals surface area (Å²) in [6, 6.07) is 26.9. The average Bonchev–Trinajstić information content (AvgIpc) is 3.50. The molecular weight excluding hydrogens is 525 g/mol. The second-order valence-electron chi connectivity index (χ2n) is 8.11. The highest BCUT2D eigenvalue weighted by molar-refractivity contribution is 8.01. The van der Waals surface area contributed by atoms with E-state index >= 15 is 0 Å². The van der Waals surface area contributed by atoms with Crippen LogP contribution in [0.1, 0.15) is 31.8 Å². The number of nitrogens with zero attached hydrogens (tertiary/aromatic N) is 2. The van der Waals surface area contributed by atoms with Gasteiger partial charge in [-0.1, -0.05) is 72.1 Å². The summed E-state index contributed by atoms with van der Waals surface area (Å²) >= 11 is 6.04. The van der Waals surface area contributed by atoms with Gasteiger partial charge in [0.15, 0.2) is 20.2 Å². The largest absolute Gasteiger partial charge is 0.289 e. The summed E-state index contributed by atoms with van der Waals surface area (Å²) in [5, 5.41) is 0. The van der Waals surface area contributed by atoms with Crippen molar-refractivity contribution in [3.63, 3.8) is 0 Å². The van der Waals surface area contributed by atoms with E-state index in [0.29, 0.717) is 22.3 Å². The Labute approximate surface area is 222 Å². The number of rotatable bonds is 4. The van der Waals surface area contributed by atoms with Crippen LogP contribution < -0.4 is 0 Å². The number of para-hydroxylation sites is 2. The Morgan fingerprint density at radius 1 is 0.528 bits per heavy atom. The van der Waals surface area contributed by atoms with Crippen molar-refractivity contribution in [3.8, 4) is 0 Å². The predicted octanol–water partition coefficient (Wildman–Crippen LogP) is 7.98. The maximum absolute atomic E-state index is 13.8. The highest BCUT2D eigenvalue weighted by Crippen LogP contribution is 2.43. The molecule has 0 amide bonds. The third kappa shape index (κ3) is 3.60. The van der Waals surface area contributed by atoms with Gasteiger partial charge in [-0.3, -0.25) is 9.59 Å². The molecule has 0 N–H and O–H groups in total. The minimum Gasteiger partial charge on any atom is -0.289 e. The first-order chi connectivity index (χ1) is 17.7. The zero-order valence-corrected chi connectivity index (χ0v) is 21.7. The molecule has 172 valence electrons. The predicted molar refractivity (Wildman–Crippen MR) is 147 cm³/mol. The minimum absolute atomic E-state index is 0.129. The molecule has 36 heavy (non-hydrogen) atoms. The number of thiazole rings is 2. The molecule has 2 heterocycles. The first-order valence-corrected chi connectivity index (χ1v) is 14.3. The van der Waals surface area contributed by atoms with Gasteiger partial charge in [0.05, 0.1) is 20.4 Å². The molecule has 0 bridgehead atoms. The first-order valence-electron chi connectivity index (χ1n) is 11.1. The fourth-order valence-corrected chi connectivity index (χ4v) is 8.70. The van der Waals surface area contributed by atoms with Gasteiger partial charge in [-0.15, -0.1) is 22.7 Å². The molecule has 0 radical (unpaired) electrons. The highest BCUT2D eigenvalue weighted by atomic mass is 32.2. The quantitative estimate of drug-likeness (QED) is 0.226. The zero-order chi connectivity index (χ0) is 24.2. The fraction of sp³-hybridized carbons (Fsp3) is 0. The molecule has 1 aliphatic carbocycles. The Balaban J connectivity index is 1.29. The minimum atomic E-state index is -0.129. The average molecular weight is 539 g/mol. The van der Waals surface area contributed by atoms with Crippen LogP contribution in [0.3, 0.4) is 0 Å². The maximum atomic E-state index is 13.8. The normalized spacial score (nSPS) is 12.8. The van der Waals surface area contributed by atoms with Crippen LogP contribution in [0.4, 0.5) is 0 Å². The van der Waals surface area contributed by atoms with Crippen LogP contribution in [-0.4, -0.2) is 21.5 Å². The molecule has 2 aromatic heterocycles. The van der Waals surface area contributed by atoms with E-state index in [4.69, 9.17) is 9.97 Å². The summed E-state index contributed by atoms with van der Waals surface area (Å²) in [6.07, 6.45) is 0. The summed E-state index contributed by atoms with van der Waals surface area (Å²) in [6.45, 7) is 0. The molecule has 0 aliphatic heterocycles. The number of benzene rings is 4. The molecule has 0 spiro atoms. The van der Waals surface area contributed by atoms with Gasteiger partial charge in [0.25, 0.3) is 0 Å². The Morgan fingerprint density at radius 3 is 1.42 bits per heavy atom. The number of hydrogen-bond acceptors (Lipinski definition) is 8. The molecule has 0 fully saturated rings. The monoisotopic (exact) mass is 538 g/mol. The standard InChI is InChI=1S/C28H14N2O2S4/c31-25-16-8-6-14-22(36-28-30-18-10-2-4-12-20(18)34-28)24(16)26(32)15-7-5-13-21(23(15)25)35-27-29-17-9-1-3-11-19(17)33-27/h1-14H. The maximum Gasteiger partial charge on any atom is 0.195 e. The van der Waals surface area contributed by atoms with Gasteiger partial charge in [-0.2, -0.15) is 0 Å². The van der Waals surface area contributed by atoms with Gasteiger partial charge >= 0.3 is 0 Å². The van der Waals surface area contributed by atoms with Crippen molar-refractivity contribution >= 4 is 78.2 Å². The first kappa shape index (κ1) is 21.9. The smallest absolute Gasteiger partial charge is 0.195 e. The van der Waals surface area contributed by atoms with Crippen molar-refractivity contribution in [2.45, 2.75) is 18.5 Å². The van der Waals surface area contributed by atoms with Crippen LogP contribution in [0.2, 0.25) is 0 Å². The molecule has 0 atom stereocenters. The van der Waals surface area contributed by atoms with Gasteiger partial charge < -0.3 is 0 Å². The van der Waals surface area contributed by atoms with Crippen LogP contribution in [0.15, 0.2) is 103 Å². The van der Waals surface area contributed by atoms with Gasteiger partial charge in [0.2, 0.25) is 0 Å². The summed E-state index contributed by atoms with van der Waals surface area (Å²) in [4.78, 5) is 38.5. The van der Waals surface area contributed by atoms with Crippen molar-refractivity contribution in [3.05, 3.63) is 107 Å². The van der Waals surface area contributed by atoms with Gasteiger partial charge in [0, 0.05) is 32.0 Å². The third-order valence-electron chi connectivity index (χ3n) is 5.94. The van der Waals surface area contributed by atoms with E-state index in [1.165, 1.54) is 23.5 Å². The molecule has 0 unspecified atom stereocenters. The van der Waals surface area contributed by atoms with Crippen molar-refractivity contribution in [2.75, 3.05) is 0 Å². The topological polar surface area (TPSA) is 59.9 Å². The SMILES string of the molecule is O=C1c2cccc(Sc3nc4ccccc4s3)c2C(=O)c2cccc(Sc3nc4ccccc4s3)c21. The van der Waals surface area contributed by atoms with Gasteiger partial charge in [-0.05, 0) is 36.4 Å². The second kappa shape index (κ2) is 8.67. The van der Waals surface area contributed by atoms with E-state index < -0.39 is 0 Å². The second-order valence-corrected chi connectivity index (χ2v) is 12.8. The molecule has 4 nitrogen and oxygen atoms in total. The number of aromatic nitrogens is 2. The van der Waals surface area contributed by atoms with Crippen LogP contribution in [0.5, 0.6) is 0 Å². The number of carbonyl (C=O) groups is 2. The lowest BCUT2D eigenvalue weighted by molar-refractivity contribution is 0.0974.